The molecule has 1 aromatic carbocycles. The smallest absolute Gasteiger partial charge is 0.256 e. The van der Waals surface area contributed by atoms with E-state index in [0.29, 0.717) is 23.7 Å². The Balaban J connectivity index is 1.60. The monoisotopic (exact) mass is 340 g/mol. The maximum Gasteiger partial charge on any atom is 0.256 e. The summed E-state index contributed by atoms with van der Waals surface area (Å²) in [5, 5.41) is 11.3. The van der Waals surface area contributed by atoms with Crippen LogP contribution in [0.25, 0.3) is 5.69 Å². The summed E-state index contributed by atoms with van der Waals surface area (Å²) < 4.78 is 1.55. The van der Waals surface area contributed by atoms with Gasteiger partial charge in [0.15, 0.2) is 0 Å². The molecule has 0 aliphatic carbocycles. The molecule has 0 spiro atoms. The molecule has 7 heteroatoms. The van der Waals surface area contributed by atoms with Gasteiger partial charge in [0.05, 0.1) is 11.3 Å². The molecular formula is C18H24N6O. The standard InChI is InChI=1S/C18H24N6O/c1-13(2)24-14-7-8-15(24)11-22(10-9-14)18(25)16-5-3-4-6-17(16)23-12-19-20-21-23/h3-6,12-15H,7-11H2,1-2H3/t14-,15+/m0/s1. The van der Waals surface area contributed by atoms with Gasteiger partial charge < -0.3 is 4.90 Å². The topological polar surface area (TPSA) is 67.2 Å². The van der Waals surface area contributed by atoms with Crippen molar-refractivity contribution in [3.05, 3.63) is 36.2 Å². The van der Waals surface area contributed by atoms with Crippen molar-refractivity contribution in [2.24, 2.45) is 0 Å². The molecule has 2 fully saturated rings. The van der Waals surface area contributed by atoms with E-state index in [1.807, 2.05) is 29.2 Å². The SMILES string of the molecule is CC(C)N1[C@H]2CC[C@@H]1CN(C(=O)c1ccccc1-n1cnnn1)CC2. The third-order valence-corrected chi connectivity index (χ3v) is 5.45. The van der Waals surface area contributed by atoms with Crippen molar-refractivity contribution in [2.45, 2.75) is 51.2 Å². The van der Waals surface area contributed by atoms with Crippen molar-refractivity contribution in [3.63, 3.8) is 0 Å². The Kier molecular flexibility index (Phi) is 4.25. The molecular weight excluding hydrogens is 316 g/mol. The summed E-state index contributed by atoms with van der Waals surface area (Å²) in [6.45, 7) is 6.14. The molecule has 2 bridgehead atoms. The number of carbonyl (C=O) groups excluding carboxylic acids is 1. The van der Waals surface area contributed by atoms with Crippen LogP contribution in [-0.2, 0) is 0 Å². The number of hydrogen-bond donors (Lipinski definition) is 0. The van der Waals surface area contributed by atoms with Gasteiger partial charge in [0.2, 0.25) is 0 Å². The lowest BCUT2D eigenvalue weighted by Gasteiger charge is -2.32. The quantitative estimate of drug-likeness (QED) is 0.851. The third-order valence-electron chi connectivity index (χ3n) is 5.45. The van der Waals surface area contributed by atoms with Crippen LogP contribution < -0.4 is 0 Å². The molecule has 2 aromatic rings. The lowest BCUT2D eigenvalue weighted by Crippen LogP contribution is -2.44. The molecule has 0 N–H and O–H groups in total. The minimum Gasteiger partial charge on any atom is -0.337 e. The second-order valence-corrected chi connectivity index (χ2v) is 7.24. The number of para-hydroxylation sites is 1. The number of nitrogens with zero attached hydrogens (tertiary/aromatic N) is 6. The molecule has 1 amide bonds. The van der Waals surface area contributed by atoms with E-state index in [1.54, 1.807) is 4.68 Å². The van der Waals surface area contributed by atoms with E-state index in [-0.39, 0.29) is 5.91 Å². The summed E-state index contributed by atoms with van der Waals surface area (Å²) in [6, 6.07) is 9.15. The molecule has 3 heterocycles. The summed E-state index contributed by atoms with van der Waals surface area (Å²) in [5.74, 6) is 0.0716. The highest BCUT2D eigenvalue weighted by molar-refractivity contribution is 5.97. The molecule has 2 atom stereocenters. The number of likely N-dealkylation sites (tertiary alicyclic amines) is 1. The summed E-state index contributed by atoms with van der Waals surface area (Å²) in [4.78, 5) is 17.9. The first-order chi connectivity index (χ1) is 12.1. The fraction of sp³-hybridized carbons (Fsp3) is 0.556. The predicted molar refractivity (Wildman–Crippen MR) is 93.5 cm³/mol. The van der Waals surface area contributed by atoms with Crippen LogP contribution in [-0.4, -0.2) is 67.1 Å². The number of aromatic nitrogens is 4. The highest BCUT2D eigenvalue weighted by Crippen LogP contribution is 2.32. The minimum atomic E-state index is 0.0716. The van der Waals surface area contributed by atoms with E-state index in [0.717, 1.165) is 25.2 Å². The molecule has 2 aliphatic rings. The van der Waals surface area contributed by atoms with Gasteiger partial charge in [-0.05, 0) is 55.7 Å². The highest BCUT2D eigenvalue weighted by Gasteiger charge is 2.39. The van der Waals surface area contributed by atoms with Crippen LogP contribution in [0.3, 0.4) is 0 Å². The summed E-state index contributed by atoms with van der Waals surface area (Å²) in [7, 11) is 0. The van der Waals surface area contributed by atoms with Gasteiger partial charge in [-0.1, -0.05) is 12.1 Å². The number of tetrazole rings is 1. The Bertz CT molecular complexity index is 744. The Morgan fingerprint density at radius 2 is 1.96 bits per heavy atom. The van der Waals surface area contributed by atoms with Crippen molar-refractivity contribution in [1.29, 1.82) is 0 Å². The predicted octanol–water partition coefficient (Wildman–Crippen LogP) is 1.75. The molecule has 1 aromatic heterocycles. The van der Waals surface area contributed by atoms with Gasteiger partial charge in [0.1, 0.15) is 6.33 Å². The molecule has 4 rings (SSSR count). The van der Waals surface area contributed by atoms with Crippen LogP contribution >= 0.6 is 0 Å². The lowest BCUT2D eigenvalue weighted by atomic mass is 10.1. The van der Waals surface area contributed by atoms with Crippen LogP contribution in [0.2, 0.25) is 0 Å². The number of benzene rings is 1. The fourth-order valence-corrected chi connectivity index (χ4v) is 4.43. The molecule has 0 saturated carbocycles. The van der Waals surface area contributed by atoms with E-state index in [2.05, 4.69) is 34.3 Å². The first-order valence-electron chi connectivity index (χ1n) is 9.04. The molecule has 2 saturated heterocycles. The van der Waals surface area contributed by atoms with Crippen molar-refractivity contribution in [1.82, 2.24) is 30.0 Å². The lowest BCUT2D eigenvalue weighted by molar-refractivity contribution is 0.0728. The third kappa shape index (κ3) is 2.93. The Morgan fingerprint density at radius 1 is 1.16 bits per heavy atom. The normalized spacial score (nSPS) is 23.9. The first kappa shape index (κ1) is 16.2. The maximum absolute atomic E-state index is 13.2. The molecule has 0 radical (unpaired) electrons. The van der Waals surface area contributed by atoms with E-state index in [1.165, 1.54) is 19.2 Å². The molecule has 7 nitrogen and oxygen atoms in total. The second kappa shape index (κ2) is 6.55. The number of rotatable bonds is 3. The molecule has 2 aliphatic heterocycles. The zero-order chi connectivity index (χ0) is 17.4. The van der Waals surface area contributed by atoms with Crippen molar-refractivity contribution in [2.75, 3.05) is 13.1 Å². The van der Waals surface area contributed by atoms with Gasteiger partial charge in [-0.15, -0.1) is 5.10 Å². The van der Waals surface area contributed by atoms with Gasteiger partial charge >= 0.3 is 0 Å². The summed E-state index contributed by atoms with van der Waals surface area (Å²) in [6.07, 6.45) is 5.01. The van der Waals surface area contributed by atoms with Gasteiger partial charge in [0, 0.05) is 31.2 Å². The number of amides is 1. The minimum absolute atomic E-state index is 0.0716. The fourth-order valence-electron chi connectivity index (χ4n) is 4.43. The highest BCUT2D eigenvalue weighted by atomic mass is 16.2. The van der Waals surface area contributed by atoms with E-state index in [4.69, 9.17) is 0 Å². The zero-order valence-corrected chi connectivity index (χ0v) is 14.7. The van der Waals surface area contributed by atoms with E-state index < -0.39 is 0 Å². The van der Waals surface area contributed by atoms with Gasteiger partial charge in [-0.25, -0.2) is 0 Å². The van der Waals surface area contributed by atoms with Crippen LogP contribution in [0.4, 0.5) is 0 Å². The van der Waals surface area contributed by atoms with Gasteiger partial charge in [0.25, 0.3) is 5.91 Å². The van der Waals surface area contributed by atoms with E-state index in [9.17, 15) is 4.79 Å². The first-order valence-corrected chi connectivity index (χ1v) is 9.04. The Hall–Kier alpha value is -2.28. The van der Waals surface area contributed by atoms with Gasteiger partial charge in [-0.2, -0.15) is 4.68 Å². The van der Waals surface area contributed by atoms with Crippen molar-refractivity contribution in [3.8, 4) is 5.69 Å². The van der Waals surface area contributed by atoms with E-state index >= 15 is 0 Å². The number of fused-ring (bicyclic) bond motifs is 2. The van der Waals surface area contributed by atoms with Crippen LogP contribution in [0.15, 0.2) is 30.6 Å². The van der Waals surface area contributed by atoms with Crippen molar-refractivity contribution >= 4 is 5.91 Å². The second-order valence-electron chi connectivity index (χ2n) is 7.24. The van der Waals surface area contributed by atoms with Crippen LogP contribution in [0.1, 0.15) is 43.5 Å². The maximum atomic E-state index is 13.2. The Morgan fingerprint density at radius 3 is 2.72 bits per heavy atom. The average Bonchev–Trinajstić information content (AvgIpc) is 3.22. The largest absolute Gasteiger partial charge is 0.337 e. The van der Waals surface area contributed by atoms with Crippen LogP contribution in [0.5, 0.6) is 0 Å². The number of hydrogen-bond acceptors (Lipinski definition) is 5. The Labute approximate surface area is 147 Å². The average molecular weight is 340 g/mol. The van der Waals surface area contributed by atoms with Gasteiger partial charge in [-0.3, -0.25) is 9.69 Å². The van der Waals surface area contributed by atoms with Crippen molar-refractivity contribution < 1.29 is 4.79 Å². The summed E-state index contributed by atoms with van der Waals surface area (Å²) in [5.41, 5.74) is 1.39. The van der Waals surface area contributed by atoms with Crippen LogP contribution in [0, 0.1) is 0 Å². The summed E-state index contributed by atoms with van der Waals surface area (Å²) >= 11 is 0. The number of carbonyl (C=O) groups is 1. The molecule has 25 heavy (non-hydrogen) atoms. The zero-order valence-electron chi connectivity index (χ0n) is 14.7. The molecule has 132 valence electrons. The molecule has 0 unspecified atom stereocenters.